The fourth-order valence-electron chi connectivity index (χ4n) is 4.76. The number of piperazine rings is 1. The van der Waals surface area contributed by atoms with Crippen molar-refractivity contribution in [1.82, 2.24) is 19.9 Å². The molecule has 5 rings (SSSR count). The Balaban J connectivity index is 1.22. The molecule has 7 nitrogen and oxygen atoms in total. The molecule has 30 heavy (non-hydrogen) atoms. The Morgan fingerprint density at radius 2 is 1.73 bits per heavy atom. The van der Waals surface area contributed by atoms with Crippen LogP contribution in [0, 0.1) is 0 Å². The molecule has 7 heteroatoms. The second-order valence-electron chi connectivity index (χ2n) is 8.32. The number of amides is 2. The zero-order chi connectivity index (χ0) is 20.3. The summed E-state index contributed by atoms with van der Waals surface area (Å²) in [5.74, 6) is 1.38. The molecule has 1 saturated heterocycles. The first-order valence-corrected chi connectivity index (χ1v) is 11.0. The van der Waals surface area contributed by atoms with Gasteiger partial charge >= 0.3 is 6.03 Å². The van der Waals surface area contributed by atoms with Crippen LogP contribution in [0.2, 0.25) is 0 Å². The first-order valence-electron chi connectivity index (χ1n) is 11.0. The number of urea groups is 1. The predicted octanol–water partition coefficient (Wildman–Crippen LogP) is 3.81. The van der Waals surface area contributed by atoms with Gasteiger partial charge in [-0.2, -0.15) is 5.10 Å². The molecule has 3 aliphatic rings. The summed E-state index contributed by atoms with van der Waals surface area (Å²) in [7, 11) is 0. The Kier molecular flexibility index (Phi) is 5.34. The van der Waals surface area contributed by atoms with Gasteiger partial charge in [0.15, 0.2) is 0 Å². The number of hydrogen-bond acceptors (Lipinski definition) is 5. The van der Waals surface area contributed by atoms with Gasteiger partial charge in [0, 0.05) is 56.6 Å². The highest BCUT2D eigenvalue weighted by molar-refractivity contribution is 5.78. The van der Waals surface area contributed by atoms with Gasteiger partial charge in [0.2, 0.25) is 5.95 Å². The fraction of sp³-hybridized carbons (Fsp3) is 0.478. The summed E-state index contributed by atoms with van der Waals surface area (Å²) in [5, 5.41) is 6.02. The van der Waals surface area contributed by atoms with Crippen molar-refractivity contribution in [1.29, 1.82) is 0 Å². The topological polar surface area (TPSA) is 64.9 Å². The molecule has 2 aromatic rings. The molecule has 156 valence electrons. The van der Waals surface area contributed by atoms with Gasteiger partial charge in [0.05, 0.1) is 6.04 Å². The van der Waals surface area contributed by atoms with Crippen LogP contribution in [-0.4, -0.2) is 58.3 Å². The summed E-state index contributed by atoms with van der Waals surface area (Å²) < 4.78 is 0. The second kappa shape index (κ2) is 8.42. The minimum absolute atomic E-state index is 0.0110. The average molecular weight is 405 g/mol. The van der Waals surface area contributed by atoms with Crippen LogP contribution in [0.3, 0.4) is 0 Å². The van der Waals surface area contributed by atoms with E-state index >= 15 is 0 Å². The molecule has 0 radical (unpaired) electrons. The van der Waals surface area contributed by atoms with Crippen LogP contribution in [0.1, 0.15) is 55.3 Å². The third kappa shape index (κ3) is 3.76. The van der Waals surface area contributed by atoms with Crippen molar-refractivity contribution in [3.8, 4) is 0 Å². The van der Waals surface area contributed by atoms with E-state index in [1.54, 1.807) is 5.01 Å². The Hall–Kier alpha value is -2.96. The highest BCUT2D eigenvalue weighted by Gasteiger charge is 2.33. The van der Waals surface area contributed by atoms with Crippen molar-refractivity contribution in [3.63, 3.8) is 0 Å². The third-order valence-electron chi connectivity index (χ3n) is 6.48. The standard InChI is InChI=1S/C23H28N6O/c30-23(29-21(11-13-25-29)19-8-2-1-3-9-19)28-16-14-27(15-17-28)22-24-12-10-20(26-22)18-6-4-5-7-18/h1-3,8-10,12-13,18,21H,4-7,11,14-17H2. The molecule has 1 saturated carbocycles. The molecule has 1 aliphatic carbocycles. The summed E-state index contributed by atoms with van der Waals surface area (Å²) in [5.41, 5.74) is 2.30. The van der Waals surface area contributed by atoms with Gasteiger partial charge in [0.25, 0.3) is 0 Å². The first-order chi connectivity index (χ1) is 14.8. The van der Waals surface area contributed by atoms with Crippen molar-refractivity contribution < 1.29 is 4.79 Å². The molecule has 0 spiro atoms. The van der Waals surface area contributed by atoms with E-state index in [1.807, 2.05) is 35.5 Å². The summed E-state index contributed by atoms with van der Waals surface area (Å²) in [4.78, 5) is 26.6. The maximum Gasteiger partial charge on any atom is 0.341 e. The summed E-state index contributed by atoms with van der Waals surface area (Å²) >= 11 is 0. The molecule has 3 heterocycles. The second-order valence-corrected chi connectivity index (χ2v) is 8.32. The number of rotatable bonds is 3. The molecule has 2 fully saturated rings. The Morgan fingerprint density at radius 1 is 0.967 bits per heavy atom. The van der Waals surface area contributed by atoms with E-state index in [1.165, 1.54) is 31.4 Å². The van der Waals surface area contributed by atoms with Crippen molar-refractivity contribution in [2.75, 3.05) is 31.1 Å². The third-order valence-corrected chi connectivity index (χ3v) is 6.48. The van der Waals surface area contributed by atoms with E-state index in [0.717, 1.165) is 31.0 Å². The van der Waals surface area contributed by atoms with Crippen LogP contribution in [0.25, 0.3) is 0 Å². The van der Waals surface area contributed by atoms with E-state index in [-0.39, 0.29) is 12.1 Å². The smallest absolute Gasteiger partial charge is 0.337 e. The van der Waals surface area contributed by atoms with E-state index in [2.05, 4.69) is 33.2 Å². The Bertz CT molecular complexity index is 903. The van der Waals surface area contributed by atoms with Crippen molar-refractivity contribution in [2.24, 2.45) is 5.10 Å². The lowest BCUT2D eigenvalue weighted by molar-refractivity contribution is 0.139. The largest absolute Gasteiger partial charge is 0.341 e. The van der Waals surface area contributed by atoms with E-state index < -0.39 is 0 Å². The minimum atomic E-state index is -0.0159. The summed E-state index contributed by atoms with van der Waals surface area (Å²) in [6.45, 7) is 2.80. The van der Waals surface area contributed by atoms with Gasteiger partial charge in [-0.05, 0) is 24.5 Å². The molecule has 0 bridgehead atoms. The van der Waals surface area contributed by atoms with Crippen LogP contribution in [0.4, 0.5) is 10.7 Å². The number of anilines is 1. The van der Waals surface area contributed by atoms with Gasteiger partial charge in [-0.25, -0.2) is 19.8 Å². The van der Waals surface area contributed by atoms with Crippen LogP contribution < -0.4 is 4.90 Å². The first kappa shape index (κ1) is 19.0. The van der Waals surface area contributed by atoms with Gasteiger partial charge in [0.1, 0.15) is 0 Å². The van der Waals surface area contributed by atoms with Gasteiger partial charge < -0.3 is 9.80 Å². The van der Waals surface area contributed by atoms with Crippen molar-refractivity contribution >= 4 is 18.2 Å². The lowest BCUT2D eigenvalue weighted by Crippen LogP contribution is -2.52. The predicted molar refractivity (Wildman–Crippen MR) is 117 cm³/mol. The average Bonchev–Trinajstić information content (AvgIpc) is 3.52. The lowest BCUT2D eigenvalue weighted by Gasteiger charge is -2.37. The monoisotopic (exact) mass is 404 g/mol. The molecule has 0 N–H and O–H groups in total. The number of aromatic nitrogens is 2. The highest BCUT2D eigenvalue weighted by Crippen LogP contribution is 2.33. The molecule has 1 unspecified atom stereocenters. The Morgan fingerprint density at radius 3 is 2.50 bits per heavy atom. The van der Waals surface area contributed by atoms with E-state index in [9.17, 15) is 4.79 Å². The molecule has 1 aromatic carbocycles. The molecule has 1 atom stereocenters. The lowest BCUT2D eigenvalue weighted by atomic mass is 10.0. The van der Waals surface area contributed by atoms with Crippen LogP contribution in [0.15, 0.2) is 47.7 Å². The Labute approximate surface area is 177 Å². The number of carbonyl (C=O) groups is 1. The number of benzene rings is 1. The number of carbonyl (C=O) groups excluding carboxylic acids is 1. The normalized spacial score (nSPS) is 22.1. The zero-order valence-electron chi connectivity index (χ0n) is 17.2. The van der Waals surface area contributed by atoms with Crippen molar-refractivity contribution in [2.45, 2.75) is 44.1 Å². The molecule has 2 aliphatic heterocycles. The zero-order valence-corrected chi connectivity index (χ0v) is 17.2. The van der Waals surface area contributed by atoms with E-state index in [0.29, 0.717) is 19.0 Å². The quantitative estimate of drug-likeness (QED) is 0.780. The fourth-order valence-corrected chi connectivity index (χ4v) is 4.76. The van der Waals surface area contributed by atoms with Crippen LogP contribution in [-0.2, 0) is 0 Å². The number of hydrogen-bond donors (Lipinski definition) is 0. The number of nitrogens with zero attached hydrogens (tertiary/aromatic N) is 6. The molecular formula is C23H28N6O. The molecule has 2 amide bonds. The summed E-state index contributed by atoms with van der Waals surface area (Å²) in [6.07, 6.45) is 9.55. The van der Waals surface area contributed by atoms with Gasteiger partial charge in [-0.15, -0.1) is 0 Å². The van der Waals surface area contributed by atoms with Crippen LogP contribution >= 0.6 is 0 Å². The van der Waals surface area contributed by atoms with Crippen LogP contribution in [0.5, 0.6) is 0 Å². The van der Waals surface area contributed by atoms with Crippen molar-refractivity contribution in [3.05, 3.63) is 53.9 Å². The maximum atomic E-state index is 13.1. The molecule has 1 aromatic heterocycles. The highest BCUT2D eigenvalue weighted by atomic mass is 16.2. The van der Waals surface area contributed by atoms with E-state index in [4.69, 9.17) is 4.98 Å². The van der Waals surface area contributed by atoms with Gasteiger partial charge in [-0.3, -0.25) is 0 Å². The van der Waals surface area contributed by atoms with Gasteiger partial charge in [-0.1, -0.05) is 43.2 Å². The SMILES string of the molecule is O=C(N1CCN(c2nccc(C3CCCC3)n2)CC1)N1N=CCC1c1ccccc1. The number of hydrazone groups is 1. The minimum Gasteiger partial charge on any atom is -0.337 e. The maximum absolute atomic E-state index is 13.1. The molecular weight excluding hydrogens is 376 g/mol. The summed E-state index contributed by atoms with van der Waals surface area (Å²) in [6, 6.07) is 12.2.